The number of rotatable bonds is 4. The van der Waals surface area contributed by atoms with Gasteiger partial charge in [0.1, 0.15) is 6.42 Å². The maximum absolute atomic E-state index is 12.0. The molecule has 2 amide bonds. The van der Waals surface area contributed by atoms with Gasteiger partial charge in [-0.05, 0) is 31.6 Å². The Balaban J connectivity index is 1.67. The fourth-order valence-electron chi connectivity index (χ4n) is 2.76. The van der Waals surface area contributed by atoms with Crippen LogP contribution in [-0.2, 0) is 14.3 Å². The molecule has 2 unspecified atom stereocenters. The molecule has 1 N–H and O–H groups in total. The molecular formula is C14H24N2O3. The molecule has 0 aliphatic carbocycles. The third-order valence-corrected chi connectivity index (χ3v) is 3.87. The Morgan fingerprint density at radius 2 is 2.16 bits per heavy atom. The van der Waals surface area contributed by atoms with Crippen LogP contribution in [0.2, 0.25) is 0 Å². The van der Waals surface area contributed by atoms with Crippen molar-refractivity contribution in [3.63, 3.8) is 0 Å². The molecule has 2 saturated heterocycles. The van der Waals surface area contributed by atoms with Gasteiger partial charge in [0.15, 0.2) is 0 Å². The van der Waals surface area contributed by atoms with E-state index in [2.05, 4.69) is 12.2 Å². The van der Waals surface area contributed by atoms with Gasteiger partial charge >= 0.3 is 0 Å². The number of ether oxygens (including phenoxy) is 1. The fourth-order valence-corrected chi connectivity index (χ4v) is 2.76. The van der Waals surface area contributed by atoms with Gasteiger partial charge in [0.2, 0.25) is 11.8 Å². The van der Waals surface area contributed by atoms with E-state index in [1.54, 1.807) is 0 Å². The predicted octanol–water partition coefficient (Wildman–Crippen LogP) is 0.930. The molecule has 2 aliphatic heterocycles. The third-order valence-electron chi connectivity index (χ3n) is 3.87. The predicted molar refractivity (Wildman–Crippen MR) is 71.6 cm³/mol. The van der Waals surface area contributed by atoms with E-state index < -0.39 is 0 Å². The van der Waals surface area contributed by atoms with E-state index in [4.69, 9.17) is 4.74 Å². The molecule has 0 spiro atoms. The lowest BCUT2D eigenvalue weighted by Crippen LogP contribution is -2.42. The van der Waals surface area contributed by atoms with Gasteiger partial charge in [-0.15, -0.1) is 0 Å². The van der Waals surface area contributed by atoms with Crippen LogP contribution in [0.3, 0.4) is 0 Å². The molecule has 2 atom stereocenters. The Morgan fingerprint density at radius 3 is 2.84 bits per heavy atom. The Labute approximate surface area is 114 Å². The Hall–Kier alpha value is -1.10. The second-order valence-electron chi connectivity index (χ2n) is 5.70. The highest BCUT2D eigenvalue weighted by Crippen LogP contribution is 2.16. The van der Waals surface area contributed by atoms with Crippen LogP contribution in [0.4, 0.5) is 0 Å². The minimum Gasteiger partial charge on any atom is -0.376 e. The number of hydrogen-bond acceptors (Lipinski definition) is 3. The molecule has 5 nitrogen and oxygen atoms in total. The van der Waals surface area contributed by atoms with Gasteiger partial charge in [0.05, 0.1) is 6.10 Å². The minimum atomic E-state index is -0.182. The monoisotopic (exact) mass is 268 g/mol. The number of carbonyl (C=O) groups is 2. The minimum absolute atomic E-state index is 0.0283. The average Bonchev–Trinajstić information content (AvgIpc) is 2.89. The Bertz CT molecular complexity index is 327. The van der Waals surface area contributed by atoms with E-state index in [0.717, 1.165) is 39.0 Å². The topological polar surface area (TPSA) is 58.6 Å². The second-order valence-corrected chi connectivity index (χ2v) is 5.70. The first kappa shape index (κ1) is 14.3. The van der Waals surface area contributed by atoms with Crippen molar-refractivity contribution in [1.82, 2.24) is 10.2 Å². The number of nitrogens with zero attached hydrogens (tertiary/aromatic N) is 1. The quantitative estimate of drug-likeness (QED) is 0.772. The summed E-state index contributed by atoms with van der Waals surface area (Å²) in [6, 6.07) is 0. The van der Waals surface area contributed by atoms with E-state index in [9.17, 15) is 9.59 Å². The van der Waals surface area contributed by atoms with Crippen molar-refractivity contribution in [1.29, 1.82) is 0 Å². The summed E-state index contributed by atoms with van der Waals surface area (Å²) < 4.78 is 5.43. The van der Waals surface area contributed by atoms with Crippen molar-refractivity contribution in [2.45, 2.75) is 45.1 Å². The number of hydrogen-bond donors (Lipinski definition) is 1. The van der Waals surface area contributed by atoms with Crippen LogP contribution in [0.25, 0.3) is 0 Å². The van der Waals surface area contributed by atoms with E-state index in [1.165, 1.54) is 6.42 Å². The molecular weight excluding hydrogens is 244 g/mol. The van der Waals surface area contributed by atoms with Gasteiger partial charge in [-0.1, -0.05) is 6.92 Å². The summed E-state index contributed by atoms with van der Waals surface area (Å²) in [5.74, 6) is 0.322. The van der Waals surface area contributed by atoms with Gasteiger partial charge in [-0.25, -0.2) is 0 Å². The highest BCUT2D eigenvalue weighted by molar-refractivity contribution is 5.96. The zero-order chi connectivity index (χ0) is 13.7. The molecule has 0 saturated carbocycles. The zero-order valence-electron chi connectivity index (χ0n) is 11.7. The van der Waals surface area contributed by atoms with E-state index in [0.29, 0.717) is 12.5 Å². The Kier molecular flexibility index (Phi) is 5.19. The largest absolute Gasteiger partial charge is 0.376 e. The summed E-state index contributed by atoms with van der Waals surface area (Å²) in [7, 11) is 0. The summed E-state index contributed by atoms with van der Waals surface area (Å²) in [6.07, 6.45) is 4.39. The average molecular weight is 268 g/mol. The van der Waals surface area contributed by atoms with Crippen molar-refractivity contribution < 1.29 is 14.3 Å². The van der Waals surface area contributed by atoms with E-state index in [1.807, 2.05) is 4.90 Å². The standard InChI is InChI=1S/C14H24N2O3/c1-11-4-2-6-16(10-11)14(18)8-13(17)15-9-12-5-3-7-19-12/h11-12H,2-10H2,1H3,(H,15,17). The molecule has 0 radical (unpaired) electrons. The molecule has 19 heavy (non-hydrogen) atoms. The molecule has 108 valence electrons. The first-order valence-electron chi connectivity index (χ1n) is 7.31. The number of likely N-dealkylation sites (tertiary alicyclic amines) is 1. The first-order valence-corrected chi connectivity index (χ1v) is 7.31. The maximum atomic E-state index is 12.0. The van der Waals surface area contributed by atoms with Crippen LogP contribution in [0.5, 0.6) is 0 Å². The zero-order valence-corrected chi connectivity index (χ0v) is 11.7. The van der Waals surface area contributed by atoms with Crippen molar-refractivity contribution in [2.24, 2.45) is 5.92 Å². The van der Waals surface area contributed by atoms with Gasteiger partial charge in [-0.2, -0.15) is 0 Å². The summed E-state index contributed by atoms with van der Waals surface area (Å²) in [5.41, 5.74) is 0. The van der Waals surface area contributed by atoms with Crippen LogP contribution in [0.1, 0.15) is 39.0 Å². The molecule has 0 bridgehead atoms. The summed E-state index contributed by atoms with van der Waals surface area (Å²) in [6.45, 7) is 5.05. The fraction of sp³-hybridized carbons (Fsp3) is 0.857. The third kappa shape index (κ3) is 4.49. The molecule has 2 aliphatic rings. The molecule has 2 rings (SSSR count). The lowest BCUT2D eigenvalue weighted by Gasteiger charge is -2.30. The molecule has 5 heteroatoms. The van der Waals surface area contributed by atoms with Crippen molar-refractivity contribution in [2.75, 3.05) is 26.2 Å². The number of piperidine rings is 1. The molecule has 0 aromatic rings. The van der Waals surface area contributed by atoms with Crippen LogP contribution in [0.15, 0.2) is 0 Å². The molecule has 0 aromatic carbocycles. The molecule has 0 aromatic heterocycles. The smallest absolute Gasteiger partial charge is 0.232 e. The van der Waals surface area contributed by atoms with Gasteiger partial charge in [0.25, 0.3) is 0 Å². The Morgan fingerprint density at radius 1 is 1.32 bits per heavy atom. The first-order chi connectivity index (χ1) is 9.15. The van der Waals surface area contributed by atoms with E-state index in [-0.39, 0.29) is 24.3 Å². The lowest BCUT2D eigenvalue weighted by atomic mass is 10.00. The maximum Gasteiger partial charge on any atom is 0.232 e. The summed E-state index contributed by atoms with van der Waals surface area (Å²) >= 11 is 0. The van der Waals surface area contributed by atoms with E-state index >= 15 is 0 Å². The number of amides is 2. The summed E-state index contributed by atoms with van der Waals surface area (Å²) in [4.78, 5) is 25.5. The van der Waals surface area contributed by atoms with Crippen LogP contribution in [0, 0.1) is 5.92 Å². The number of nitrogens with one attached hydrogen (secondary N) is 1. The van der Waals surface area contributed by atoms with Crippen LogP contribution >= 0.6 is 0 Å². The second kappa shape index (κ2) is 6.89. The van der Waals surface area contributed by atoms with Gasteiger partial charge in [-0.3, -0.25) is 9.59 Å². The van der Waals surface area contributed by atoms with Gasteiger partial charge < -0.3 is 15.0 Å². The number of carbonyl (C=O) groups excluding carboxylic acids is 2. The van der Waals surface area contributed by atoms with Crippen LogP contribution in [-0.4, -0.2) is 49.1 Å². The van der Waals surface area contributed by atoms with Crippen molar-refractivity contribution in [3.05, 3.63) is 0 Å². The van der Waals surface area contributed by atoms with Crippen molar-refractivity contribution in [3.8, 4) is 0 Å². The van der Waals surface area contributed by atoms with Crippen molar-refractivity contribution >= 4 is 11.8 Å². The highest BCUT2D eigenvalue weighted by Gasteiger charge is 2.23. The van der Waals surface area contributed by atoms with Gasteiger partial charge in [0, 0.05) is 26.2 Å². The molecule has 2 fully saturated rings. The highest BCUT2D eigenvalue weighted by atomic mass is 16.5. The van der Waals surface area contributed by atoms with Crippen LogP contribution < -0.4 is 5.32 Å². The summed E-state index contributed by atoms with van der Waals surface area (Å²) in [5, 5.41) is 2.79. The molecule has 2 heterocycles. The SMILES string of the molecule is CC1CCCN(C(=O)CC(=O)NCC2CCCO2)C1. The lowest BCUT2D eigenvalue weighted by molar-refractivity contribution is -0.137. The normalized spacial score (nSPS) is 27.3.